The molecule has 0 aromatic heterocycles. The molecule has 0 fully saturated rings. The van der Waals surface area contributed by atoms with Crippen LogP contribution in [0.3, 0.4) is 0 Å². The molecule has 6 heteroatoms. The zero-order chi connectivity index (χ0) is 16.9. The Labute approximate surface area is 131 Å². The summed E-state index contributed by atoms with van der Waals surface area (Å²) in [5.74, 6) is 0.532. The van der Waals surface area contributed by atoms with E-state index >= 15 is 0 Å². The number of amides is 2. The minimum Gasteiger partial charge on any atom is -0.497 e. The van der Waals surface area contributed by atoms with Crippen molar-refractivity contribution in [1.29, 1.82) is 0 Å². The monoisotopic (exact) mass is 308 g/mol. The molecular weight excluding hydrogens is 284 g/mol. The van der Waals surface area contributed by atoms with Crippen molar-refractivity contribution < 1.29 is 19.1 Å². The van der Waals surface area contributed by atoms with Gasteiger partial charge in [0, 0.05) is 25.7 Å². The molecule has 1 unspecified atom stereocenters. The van der Waals surface area contributed by atoms with Crippen LogP contribution in [0, 0.1) is 5.92 Å². The Kier molecular flexibility index (Phi) is 6.22. The summed E-state index contributed by atoms with van der Waals surface area (Å²) in [5.41, 5.74) is 0.383. The van der Waals surface area contributed by atoms with Crippen LogP contribution in [0.4, 0.5) is 0 Å². The largest absolute Gasteiger partial charge is 0.497 e. The van der Waals surface area contributed by atoms with Gasteiger partial charge in [-0.15, -0.1) is 0 Å². The molecule has 0 aliphatic rings. The van der Waals surface area contributed by atoms with Gasteiger partial charge in [-0.25, -0.2) is 0 Å². The Balaban J connectivity index is 3.02. The van der Waals surface area contributed by atoms with Gasteiger partial charge in [-0.3, -0.25) is 9.59 Å². The Bertz CT molecular complexity index is 519. The molecule has 0 radical (unpaired) electrons. The van der Waals surface area contributed by atoms with Gasteiger partial charge < -0.3 is 19.7 Å². The fourth-order valence-corrected chi connectivity index (χ4v) is 1.95. The third-order valence-electron chi connectivity index (χ3n) is 3.27. The molecule has 1 rings (SSSR count). The van der Waals surface area contributed by atoms with Gasteiger partial charge in [-0.2, -0.15) is 0 Å². The van der Waals surface area contributed by atoms with Crippen molar-refractivity contribution in [2.75, 3.05) is 28.3 Å². The van der Waals surface area contributed by atoms with Crippen LogP contribution in [0.2, 0.25) is 0 Å². The summed E-state index contributed by atoms with van der Waals surface area (Å²) in [6, 6.07) is 4.31. The zero-order valence-corrected chi connectivity index (χ0v) is 14.0. The van der Waals surface area contributed by atoms with E-state index in [4.69, 9.17) is 9.47 Å². The molecular formula is C16H24N2O4. The normalized spacial score (nSPS) is 11.8. The van der Waals surface area contributed by atoms with Crippen molar-refractivity contribution >= 4 is 11.8 Å². The van der Waals surface area contributed by atoms with Gasteiger partial charge in [0.1, 0.15) is 17.5 Å². The summed E-state index contributed by atoms with van der Waals surface area (Å²) in [6.45, 7) is 3.77. The molecule has 0 saturated heterocycles. The molecule has 6 nitrogen and oxygen atoms in total. The highest BCUT2D eigenvalue weighted by Crippen LogP contribution is 2.22. The number of hydrogen-bond donors (Lipinski definition) is 1. The van der Waals surface area contributed by atoms with Gasteiger partial charge in [-0.05, 0) is 18.1 Å². The predicted molar refractivity (Wildman–Crippen MR) is 84.3 cm³/mol. The lowest BCUT2D eigenvalue weighted by Gasteiger charge is -2.24. The summed E-state index contributed by atoms with van der Waals surface area (Å²) in [7, 11) is 6.36. The Morgan fingerprint density at radius 1 is 1.05 bits per heavy atom. The third kappa shape index (κ3) is 4.38. The highest BCUT2D eigenvalue weighted by Gasteiger charge is 2.26. The van der Waals surface area contributed by atoms with Crippen LogP contribution in [0.25, 0.3) is 0 Å². The van der Waals surface area contributed by atoms with Gasteiger partial charge in [0.25, 0.3) is 5.91 Å². The van der Waals surface area contributed by atoms with Crippen LogP contribution in [0.15, 0.2) is 18.2 Å². The van der Waals surface area contributed by atoms with Crippen molar-refractivity contribution in [2.24, 2.45) is 5.92 Å². The van der Waals surface area contributed by atoms with Crippen LogP contribution in [0.1, 0.15) is 24.2 Å². The number of carbonyl (C=O) groups excluding carboxylic acids is 2. The quantitative estimate of drug-likeness (QED) is 0.866. The second-order valence-electron chi connectivity index (χ2n) is 5.53. The fourth-order valence-electron chi connectivity index (χ4n) is 1.95. The average molecular weight is 308 g/mol. The molecule has 2 amide bonds. The molecule has 1 N–H and O–H groups in total. The van der Waals surface area contributed by atoms with Gasteiger partial charge in [0.2, 0.25) is 5.91 Å². The van der Waals surface area contributed by atoms with Gasteiger partial charge >= 0.3 is 0 Å². The van der Waals surface area contributed by atoms with E-state index < -0.39 is 6.04 Å². The first-order chi connectivity index (χ1) is 10.3. The molecule has 1 aromatic carbocycles. The molecule has 0 aliphatic carbocycles. The number of likely N-dealkylation sites (N-methyl/N-ethyl adjacent to an activating group) is 1. The Morgan fingerprint density at radius 2 is 1.55 bits per heavy atom. The second-order valence-corrected chi connectivity index (χ2v) is 5.53. The predicted octanol–water partition coefficient (Wildman–Crippen LogP) is 1.55. The van der Waals surface area contributed by atoms with Crippen molar-refractivity contribution in [3.8, 4) is 11.5 Å². The topological polar surface area (TPSA) is 67.9 Å². The molecule has 0 saturated carbocycles. The van der Waals surface area contributed by atoms with Gasteiger partial charge in [0.05, 0.1) is 14.2 Å². The minimum atomic E-state index is -0.584. The maximum Gasteiger partial charge on any atom is 0.252 e. The molecule has 0 spiro atoms. The summed E-state index contributed by atoms with van der Waals surface area (Å²) < 4.78 is 10.3. The highest BCUT2D eigenvalue weighted by atomic mass is 16.5. The lowest BCUT2D eigenvalue weighted by Crippen LogP contribution is -2.49. The molecule has 122 valence electrons. The minimum absolute atomic E-state index is 0.0219. The van der Waals surface area contributed by atoms with Crippen molar-refractivity contribution in [3.63, 3.8) is 0 Å². The maximum absolute atomic E-state index is 12.4. The zero-order valence-electron chi connectivity index (χ0n) is 14.0. The molecule has 0 heterocycles. The molecule has 0 bridgehead atoms. The molecule has 1 atom stereocenters. The van der Waals surface area contributed by atoms with E-state index in [0.29, 0.717) is 17.1 Å². The van der Waals surface area contributed by atoms with Crippen LogP contribution in [-0.2, 0) is 4.79 Å². The molecule has 22 heavy (non-hydrogen) atoms. The second kappa shape index (κ2) is 7.68. The van der Waals surface area contributed by atoms with E-state index in [1.54, 1.807) is 32.3 Å². The maximum atomic E-state index is 12.4. The first kappa shape index (κ1) is 17.8. The summed E-state index contributed by atoms with van der Waals surface area (Å²) >= 11 is 0. The Morgan fingerprint density at radius 3 is 1.91 bits per heavy atom. The number of ether oxygens (including phenoxy) is 2. The van der Waals surface area contributed by atoms with Crippen molar-refractivity contribution in [3.05, 3.63) is 23.8 Å². The number of methoxy groups -OCH3 is 2. The molecule has 1 aromatic rings. The highest BCUT2D eigenvalue weighted by molar-refractivity contribution is 5.98. The van der Waals surface area contributed by atoms with E-state index in [2.05, 4.69) is 5.32 Å². The van der Waals surface area contributed by atoms with E-state index in [9.17, 15) is 9.59 Å². The van der Waals surface area contributed by atoms with Crippen molar-refractivity contribution in [2.45, 2.75) is 19.9 Å². The van der Waals surface area contributed by atoms with E-state index in [1.165, 1.54) is 19.1 Å². The number of rotatable bonds is 6. The van der Waals surface area contributed by atoms with Crippen molar-refractivity contribution in [1.82, 2.24) is 10.2 Å². The summed E-state index contributed by atoms with van der Waals surface area (Å²) in [6.07, 6.45) is 0. The van der Waals surface area contributed by atoms with Gasteiger partial charge in [0.15, 0.2) is 0 Å². The van der Waals surface area contributed by atoms with E-state index in [0.717, 1.165) is 0 Å². The number of carbonyl (C=O) groups is 2. The number of nitrogens with zero attached hydrogens (tertiary/aromatic N) is 1. The van der Waals surface area contributed by atoms with E-state index in [1.807, 2.05) is 13.8 Å². The SMILES string of the molecule is COc1cc(OC)cc(C(=O)NC(C(=O)N(C)C)C(C)C)c1. The van der Waals surface area contributed by atoms with Crippen LogP contribution < -0.4 is 14.8 Å². The smallest absolute Gasteiger partial charge is 0.252 e. The van der Waals surface area contributed by atoms with E-state index in [-0.39, 0.29) is 17.7 Å². The van der Waals surface area contributed by atoms with Crippen LogP contribution >= 0.6 is 0 Å². The number of hydrogen-bond acceptors (Lipinski definition) is 4. The number of nitrogens with one attached hydrogen (secondary N) is 1. The Hall–Kier alpha value is -2.24. The average Bonchev–Trinajstić information content (AvgIpc) is 2.50. The lowest BCUT2D eigenvalue weighted by molar-refractivity contribution is -0.131. The fraction of sp³-hybridized carbons (Fsp3) is 0.500. The summed E-state index contributed by atoms with van der Waals surface area (Å²) in [5, 5.41) is 2.78. The lowest BCUT2D eigenvalue weighted by atomic mass is 10.0. The number of benzene rings is 1. The van der Waals surface area contributed by atoms with Crippen LogP contribution in [0.5, 0.6) is 11.5 Å². The first-order valence-corrected chi connectivity index (χ1v) is 7.05. The standard InChI is InChI=1S/C16H24N2O4/c1-10(2)14(16(20)18(3)4)17-15(19)11-7-12(21-5)9-13(8-11)22-6/h7-10,14H,1-6H3,(H,17,19). The van der Waals surface area contributed by atoms with Gasteiger partial charge in [-0.1, -0.05) is 13.8 Å². The molecule has 0 aliphatic heterocycles. The summed E-state index contributed by atoms with van der Waals surface area (Å²) in [4.78, 5) is 26.1. The first-order valence-electron chi connectivity index (χ1n) is 7.05. The third-order valence-corrected chi connectivity index (χ3v) is 3.27. The van der Waals surface area contributed by atoms with Crippen LogP contribution in [-0.4, -0.2) is 51.1 Å².